The van der Waals surface area contributed by atoms with Crippen LogP contribution in [0.15, 0.2) is 18.2 Å². The number of nitrogens with zero attached hydrogens (tertiary/aromatic N) is 2. The van der Waals surface area contributed by atoms with E-state index in [1.54, 1.807) is 0 Å². The van der Waals surface area contributed by atoms with Crippen LogP contribution in [0.5, 0.6) is 0 Å². The highest BCUT2D eigenvalue weighted by Crippen LogP contribution is 2.25. The molecule has 0 radical (unpaired) electrons. The van der Waals surface area contributed by atoms with Crippen LogP contribution in [-0.2, 0) is 28.9 Å². The molecule has 1 N–H and O–H groups in total. The molecule has 1 aromatic heterocycles. The van der Waals surface area contributed by atoms with Crippen molar-refractivity contribution < 1.29 is 22.7 Å². The van der Waals surface area contributed by atoms with Gasteiger partial charge in [-0.25, -0.2) is 23.1 Å². The number of anilines is 1. The van der Waals surface area contributed by atoms with E-state index in [1.807, 2.05) is 27.7 Å². The first-order valence-electron chi connectivity index (χ1n) is 11.7. The number of ether oxygens (including phenoxy) is 1. The second kappa shape index (κ2) is 19.2. The molecule has 1 aromatic carbocycles. The van der Waals surface area contributed by atoms with E-state index in [1.165, 1.54) is 38.3 Å². The van der Waals surface area contributed by atoms with Gasteiger partial charge < -0.3 is 14.8 Å². The topological polar surface area (TPSA) is 64.1 Å². The first kappa shape index (κ1) is 31.8. The van der Waals surface area contributed by atoms with Crippen molar-refractivity contribution in [2.45, 2.75) is 79.7 Å². The van der Waals surface area contributed by atoms with E-state index in [0.717, 1.165) is 36.8 Å². The molecule has 1 saturated heterocycles. The Morgan fingerprint density at radius 2 is 1.74 bits per heavy atom. The number of nitrogens with one attached hydrogen (secondary N) is 1. The molecular weight excluding hydrogens is 467 g/mol. The SMILES string of the molecule is C1CCOCC1.CC.CC=O.CCc1nc(Cl)nc(NCc2cccc(C(F)F)c2F)c1CC. The zero-order chi connectivity index (χ0) is 25.9. The highest BCUT2D eigenvalue weighted by molar-refractivity contribution is 6.28. The van der Waals surface area contributed by atoms with E-state index in [0.29, 0.717) is 18.7 Å². The van der Waals surface area contributed by atoms with Gasteiger partial charge in [0.15, 0.2) is 0 Å². The highest BCUT2D eigenvalue weighted by atomic mass is 35.5. The third kappa shape index (κ3) is 11.3. The Kier molecular flexibility index (Phi) is 17.9. The van der Waals surface area contributed by atoms with Crippen molar-refractivity contribution >= 4 is 23.7 Å². The van der Waals surface area contributed by atoms with Gasteiger partial charge in [-0.1, -0.05) is 45.9 Å². The fraction of sp³-hybridized carbons (Fsp3) is 0.560. The van der Waals surface area contributed by atoms with E-state index in [-0.39, 0.29) is 17.4 Å². The molecule has 9 heteroatoms. The Labute approximate surface area is 206 Å². The second-order valence-corrected chi connectivity index (χ2v) is 7.19. The number of halogens is 4. The van der Waals surface area contributed by atoms with Crippen molar-refractivity contribution in [3.8, 4) is 0 Å². The Balaban J connectivity index is 0.000000822. The van der Waals surface area contributed by atoms with Gasteiger partial charge in [-0.15, -0.1) is 0 Å². The normalized spacial score (nSPS) is 12.3. The second-order valence-electron chi connectivity index (χ2n) is 6.86. The molecule has 0 aliphatic carbocycles. The van der Waals surface area contributed by atoms with Crippen molar-refractivity contribution in [1.29, 1.82) is 0 Å². The maximum atomic E-state index is 14.1. The molecule has 5 nitrogen and oxygen atoms in total. The Hall–Kier alpha value is -2.19. The largest absolute Gasteiger partial charge is 0.381 e. The van der Waals surface area contributed by atoms with Crippen molar-refractivity contribution in [2.75, 3.05) is 18.5 Å². The third-order valence-electron chi connectivity index (χ3n) is 4.62. The third-order valence-corrected chi connectivity index (χ3v) is 4.79. The summed E-state index contributed by atoms with van der Waals surface area (Å²) in [5.41, 5.74) is 1.26. The van der Waals surface area contributed by atoms with E-state index in [9.17, 15) is 13.2 Å². The minimum absolute atomic E-state index is 0.0376. The number of aldehydes is 1. The minimum Gasteiger partial charge on any atom is -0.381 e. The molecule has 0 spiro atoms. The number of aromatic nitrogens is 2. The van der Waals surface area contributed by atoms with Crippen LogP contribution in [0.3, 0.4) is 0 Å². The van der Waals surface area contributed by atoms with Crippen LogP contribution >= 0.6 is 11.6 Å². The summed E-state index contributed by atoms with van der Waals surface area (Å²) < 4.78 is 44.6. The van der Waals surface area contributed by atoms with Crippen LogP contribution in [0.2, 0.25) is 5.28 Å². The van der Waals surface area contributed by atoms with E-state index in [4.69, 9.17) is 21.1 Å². The van der Waals surface area contributed by atoms with Gasteiger partial charge in [-0.2, -0.15) is 0 Å². The fourth-order valence-electron chi connectivity index (χ4n) is 3.08. The average Bonchev–Trinajstić information content (AvgIpc) is 2.86. The first-order valence-corrected chi connectivity index (χ1v) is 12.1. The van der Waals surface area contributed by atoms with E-state index in [2.05, 4.69) is 15.3 Å². The van der Waals surface area contributed by atoms with Crippen LogP contribution in [0, 0.1) is 5.82 Å². The monoisotopic (exact) mass is 503 g/mol. The van der Waals surface area contributed by atoms with Crippen molar-refractivity contribution in [1.82, 2.24) is 9.97 Å². The lowest BCUT2D eigenvalue weighted by Gasteiger charge is -2.14. The molecule has 1 fully saturated rings. The van der Waals surface area contributed by atoms with Crippen LogP contribution < -0.4 is 5.32 Å². The van der Waals surface area contributed by atoms with Crippen molar-refractivity contribution in [3.63, 3.8) is 0 Å². The number of hydrogen-bond acceptors (Lipinski definition) is 5. The Bertz CT molecular complexity index is 824. The number of carbonyl (C=O) groups excluding carboxylic acids is 1. The van der Waals surface area contributed by atoms with Gasteiger partial charge in [0.25, 0.3) is 6.43 Å². The number of rotatable bonds is 6. The summed E-state index contributed by atoms with van der Waals surface area (Å²) in [7, 11) is 0. The van der Waals surface area contributed by atoms with Crippen LogP contribution in [-0.4, -0.2) is 29.5 Å². The predicted octanol–water partition coefficient (Wildman–Crippen LogP) is 7.36. The number of carbonyl (C=O) groups is 1. The maximum absolute atomic E-state index is 14.1. The predicted molar refractivity (Wildman–Crippen MR) is 132 cm³/mol. The van der Waals surface area contributed by atoms with Gasteiger partial charge in [-0.3, -0.25) is 0 Å². The zero-order valence-corrected chi connectivity index (χ0v) is 21.5. The maximum Gasteiger partial charge on any atom is 0.266 e. The lowest BCUT2D eigenvalue weighted by molar-refractivity contribution is -0.106. The lowest BCUT2D eigenvalue weighted by Crippen LogP contribution is -2.10. The molecule has 0 saturated carbocycles. The van der Waals surface area contributed by atoms with Gasteiger partial charge in [0.2, 0.25) is 5.28 Å². The van der Waals surface area contributed by atoms with E-state index < -0.39 is 17.8 Å². The van der Waals surface area contributed by atoms with Crippen molar-refractivity contribution in [2.24, 2.45) is 0 Å². The van der Waals surface area contributed by atoms with Crippen LogP contribution in [0.25, 0.3) is 0 Å². The number of benzene rings is 1. The molecule has 0 unspecified atom stereocenters. The van der Waals surface area contributed by atoms with E-state index >= 15 is 0 Å². The lowest BCUT2D eigenvalue weighted by atomic mass is 10.1. The van der Waals surface area contributed by atoms with Crippen LogP contribution in [0.1, 0.15) is 82.7 Å². The molecule has 0 atom stereocenters. The zero-order valence-electron chi connectivity index (χ0n) is 20.8. The molecule has 0 bridgehead atoms. The minimum atomic E-state index is -2.85. The first-order chi connectivity index (χ1) is 16.4. The molecule has 192 valence electrons. The molecule has 1 aliphatic heterocycles. The molecular formula is C25H37ClF3N3O2. The smallest absolute Gasteiger partial charge is 0.266 e. The molecule has 34 heavy (non-hydrogen) atoms. The average molecular weight is 504 g/mol. The van der Waals surface area contributed by atoms with Crippen LogP contribution in [0.4, 0.5) is 19.0 Å². The summed E-state index contributed by atoms with van der Waals surface area (Å²) in [6.45, 7) is 11.4. The Morgan fingerprint density at radius 1 is 1.12 bits per heavy atom. The standard InChI is InChI=1S/C16H17ClF3N3.C5H10O.C2H4O.C2H6/c1-3-10-12(4-2)22-16(17)23-15(10)21-8-9-6-5-7-11(13(9)18)14(19)20;1-2-4-6-5-3-1;1-2-3;1-2/h5-7,14H,3-4,8H2,1-2H3,(H,21,22,23);1-5H2;2H,1H3;1-2H3. The summed E-state index contributed by atoms with van der Waals surface area (Å²) in [5, 5.41) is 3.08. The number of aryl methyl sites for hydroxylation is 1. The molecule has 2 heterocycles. The van der Waals surface area contributed by atoms with Gasteiger partial charge >= 0.3 is 0 Å². The van der Waals surface area contributed by atoms with Gasteiger partial charge in [0, 0.05) is 30.9 Å². The van der Waals surface area contributed by atoms with Gasteiger partial charge in [-0.05, 0) is 50.6 Å². The number of alkyl halides is 2. The molecule has 1 aliphatic rings. The van der Waals surface area contributed by atoms with Gasteiger partial charge in [0.1, 0.15) is 17.9 Å². The Morgan fingerprint density at radius 3 is 2.18 bits per heavy atom. The van der Waals surface area contributed by atoms with Gasteiger partial charge in [0.05, 0.1) is 11.3 Å². The fourth-order valence-corrected chi connectivity index (χ4v) is 3.27. The summed E-state index contributed by atoms with van der Waals surface area (Å²) in [4.78, 5) is 17.1. The quantitative estimate of drug-likeness (QED) is 0.329. The summed E-state index contributed by atoms with van der Waals surface area (Å²) >= 11 is 5.90. The summed E-state index contributed by atoms with van der Waals surface area (Å²) in [6.07, 6.45) is 3.21. The summed E-state index contributed by atoms with van der Waals surface area (Å²) in [5.74, 6) is -0.393. The molecule has 3 rings (SSSR count). The van der Waals surface area contributed by atoms with Crippen molar-refractivity contribution in [3.05, 3.63) is 51.7 Å². The highest BCUT2D eigenvalue weighted by Gasteiger charge is 2.17. The molecule has 2 aromatic rings. The number of hydrogen-bond donors (Lipinski definition) is 1. The molecule has 0 amide bonds. The summed E-state index contributed by atoms with van der Waals surface area (Å²) in [6, 6.07) is 3.95.